The van der Waals surface area contributed by atoms with Gasteiger partial charge in [0.05, 0.1) is 12.2 Å². The summed E-state index contributed by atoms with van der Waals surface area (Å²) in [5.74, 6) is -0.737. The van der Waals surface area contributed by atoms with Crippen LogP contribution in [0.5, 0.6) is 0 Å². The molecule has 1 unspecified atom stereocenters. The van der Waals surface area contributed by atoms with Crippen LogP contribution in [0.4, 0.5) is 0 Å². The summed E-state index contributed by atoms with van der Waals surface area (Å²) in [7, 11) is 0. The van der Waals surface area contributed by atoms with Gasteiger partial charge in [-0.15, -0.1) is 0 Å². The molecule has 0 aliphatic carbocycles. The molecule has 19 heavy (non-hydrogen) atoms. The van der Waals surface area contributed by atoms with E-state index in [4.69, 9.17) is 4.74 Å². The molecule has 106 valence electrons. The van der Waals surface area contributed by atoms with Gasteiger partial charge in [0.15, 0.2) is 0 Å². The van der Waals surface area contributed by atoms with Gasteiger partial charge >= 0.3 is 5.97 Å². The topological polar surface area (TPSA) is 72.5 Å². The van der Waals surface area contributed by atoms with Gasteiger partial charge in [0, 0.05) is 12.2 Å². The Kier molecular flexibility index (Phi) is 9.04. The van der Waals surface area contributed by atoms with E-state index in [0.29, 0.717) is 0 Å². The minimum atomic E-state index is -0.329. The van der Waals surface area contributed by atoms with E-state index in [1.165, 1.54) is 18.4 Å². The van der Waals surface area contributed by atoms with Crippen LogP contribution in [0, 0.1) is 5.92 Å². The normalized spacial score (nSPS) is 14.2. The summed E-state index contributed by atoms with van der Waals surface area (Å²) >= 11 is 0. The van der Waals surface area contributed by atoms with Gasteiger partial charge in [-0.25, -0.2) is 0 Å². The van der Waals surface area contributed by atoms with Crippen LogP contribution in [0.2, 0.25) is 0 Å². The summed E-state index contributed by atoms with van der Waals surface area (Å²) < 4.78 is 4.72. The molecule has 0 aromatic rings. The summed E-state index contributed by atoms with van der Waals surface area (Å²) in [4.78, 5) is 31.3. The zero-order valence-corrected chi connectivity index (χ0v) is 11.5. The van der Waals surface area contributed by atoms with Gasteiger partial charge in [0.25, 0.3) is 11.8 Å². The lowest BCUT2D eigenvalue weighted by molar-refractivity contribution is -0.143. The van der Waals surface area contributed by atoms with Crippen molar-refractivity contribution < 1.29 is 19.1 Å². The second kappa shape index (κ2) is 10.1. The van der Waals surface area contributed by atoms with Crippen molar-refractivity contribution in [1.82, 2.24) is 5.32 Å². The van der Waals surface area contributed by atoms with Crippen molar-refractivity contribution in [3.63, 3.8) is 0 Å². The third kappa shape index (κ3) is 7.91. The molecule has 0 radical (unpaired) electrons. The number of amides is 2. The zero-order valence-electron chi connectivity index (χ0n) is 11.5. The molecule has 0 fully saturated rings. The minimum absolute atomic E-state index is 0.0583. The van der Waals surface area contributed by atoms with Crippen molar-refractivity contribution in [3.8, 4) is 0 Å². The van der Waals surface area contributed by atoms with E-state index in [9.17, 15) is 14.4 Å². The molecule has 2 amide bonds. The first-order chi connectivity index (χ1) is 9.04. The largest absolute Gasteiger partial charge is 0.435 e. The fourth-order valence-corrected chi connectivity index (χ4v) is 1.47. The van der Waals surface area contributed by atoms with Gasteiger partial charge < -0.3 is 4.74 Å². The summed E-state index contributed by atoms with van der Waals surface area (Å²) in [5.41, 5.74) is 0. The van der Waals surface area contributed by atoms with Crippen LogP contribution >= 0.6 is 0 Å². The standard InChI is InChI=1S/C10H18O2.C4H3NO2/c1-4-7-8-9(5-2)10(11)12-6-3;6-3-1-2-4(7)5-3/h6,9H,3-5,7-8H2,1-2H3;1-2H,(H,5,6,7). The summed E-state index contributed by atoms with van der Waals surface area (Å²) in [5, 5.41) is 2.03. The van der Waals surface area contributed by atoms with Crippen LogP contribution in [-0.2, 0) is 19.1 Å². The smallest absolute Gasteiger partial charge is 0.313 e. The highest BCUT2D eigenvalue weighted by molar-refractivity contribution is 6.12. The van der Waals surface area contributed by atoms with Gasteiger partial charge in [-0.1, -0.05) is 33.3 Å². The van der Waals surface area contributed by atoms with Crippen molar-refractivity contribution in [1.29, 1.82) is 0 Å². The molecule has 1 aliphatic rings. The van der Waals surface area contributed by atoms with Crippen molar-refractivity contribution in [3.05, 3.63) is 25.0 Å². The van der Waals surface area contributed by atoms with Crippen molar-refractivity contribution >= 4 is 17.8 Å². The highest BCUT2D eigenvalue weighted by Crippen LogP contribution is 2.14. The second-order valence-corrected chi connectivity index (χ2v) is 4.04. The van der Waals surface area contributed by atoms with Crippen molar-refractivity contribution in [2.45, 2.75) is 39.5 Å². The van der Waals surface area contributed by atoms with Gasteiger partial charge in [-0.3, -0.25) is 19.7 Å². The van der Waals surface area contributed by atoms with E-state index in [1.807, 2.05) is 12.2 Å². The second-order valence-electron chi connectivity index (χ2n) is 4.04. The first kappa shape index (κ1) is 17.1. The maximum atomic E-state index is 11.2. The predicted octanol–water partition coefficient (Wildman–Crippen LogP) is 2.09. The van der Waals surface area contributed by atoms with Gasteiger partial charge in [0.1, 0.15) is 0 Å². The maximum absolute atomic E-state index is 11.2. The van der Waals surface area contributed by atoms with E-state index in [2.05, 4.69) is 13.5 Å². The molecule has 5 nitrogen and oxygen atoms in total. The third-order valence-corrected chi connectivity index (χ3v) is 2.56. The van der Waals surface area contributed by atoms with E-state index in [0.717, 1.165) is 25.7 Å². The number of hydrogen-bond donors (Lipinski definition) is 1. The van der Waals surface area contributed by atoms with E-state index >= 15 is 0 Å². The zero-order chi connectivity index (χ0) is 14.7. The Balaban J connectivity index is 0.000000388. The van der Waals surface area contributed by atoms with Gasteiger partial charge in [-0.2, -0.15) is 0 Å². The van der Waals surface area contributed by atoms with Crippen LogP contribution in [0.25, 0.3) is 0 Å². The van der Waals surface area contributed by atoms with E-state index in [-0.39, 0.29) is 23.7 Å². The lowest BCUT2D eigenvalue weighted by Crippen LogP contribution is -2.19. The van der Waals surface area contributed by atoms with E-state index < -0.39 is 0 Å². The number of ether oxygens (including phenoxy) is 1. The Morgan fingerprint density at radius 2 is 1.95 bits per heavy atom. The molecule has 1 rings (SSSR count). The van der Waals surface area contributed by atoms with Crippen LogP contribution in [0.1, 0.15) is 39.5 Å². The first-order valence-electron chi connectivity index (χ1n) is 6.39. The molecule has 1 N–H and O–H groups in total. The highest BCUT2D eigenvalue weighted by Gasteiger charge is 2.15. The number of unbranched alkanes of at least 4 members (excludes halogenated alkanes) is 1. The number of rotatable bonds is 6. The predicted molar refractivity (Wildman–Crippen MR) is 71.9 cm³/mol. The lowest BCUT2D eigenvalue weighted by atomic mass is 10.00. The number of carbonyl (C=O) groups is 3. The fourth-order valence-electron chi connectivity index (χ4n) is 1.47. The number of hydrogen-bond acceptors (Lipinski definition) is 4. The Bertz CT molecular complexity index is 344. The van der Waals surface area contributed by atoms with Crippen molar-refractivity contribution in [2.75, 3.05) is 0 Å². The average molecular weight is 267 g/mol. The van der Waals surface area contributed by atoms with Crippen LogP contribution in [0.15, 0.2) is 25.0 Å². The Morgan fingerprint density at radius 1 is 1.37 bits per heavy atom. The number of esters is 1. The highest BCUT2D eigenvalue weighted by atomic mass is 16.5. The number of imide groups is 1. The minimum Gasteiger partial charge on any atom is -0.435 e. The Hall–Kier alpha value is -1.91. The fraction of sp³-hybridized carbons (Fsp3) is 0.500. The number of nitrogens with one attached hydrogen (secondary N) is 1. The third-order valence-electron chi connectivity index (χ3n) is 2.56. The molecule has 1 atom stereocenters. The lowest BCUT2D eigenvalue weighted by Gasteiger charge is -2.10. The van der Waals surface area contributed by atoms with Gasteiger partial charge in [-0.05, 0) is 12.8 Å². The summed E-state index contributed by atoms with van der Waals surface area (Å²) in [6.07, 6.45) is 7.59. The maximum Gasteiger partial charge on any atom is 0.313 e. The van der Waals surface area contributed by atoms with Crippen molar-refractivity contribution in [2.24, 2.45) is 5.92 Å². The monoisotopic (exact) mass is 267 g/mol. The molecule has 0 saturated carbocycles. The van der Waals surface area contributed by atoms with Crippen LogP contribution in [0.3, 0.4) is 0 Å². The summed E-state index contributed by atoms with van der Waals surface area (Å²) in [6, 6.07) is 0. The SMILES string of the molecule is C=COC(=O)C(CC)CCCC.O=C1C=CC(=O)N1. The molecular formula is C14H21NO4. The first-order valence-corrected chi connectivity index (χ1v) is 6.39. The van der Waals surface area contributed by atoms with E-state index in [1.54, 1.807) is 0 Å². The molecule has 0 saturated heterocycles. The molecule has 1 aliphatic heterocycles. The molecular weight excluding hydrogens is 246 g/mol. The van der Waals surface area contributed by atoms with Crippen LogP contribution < -0.4 is 5.32 Å². The average Bonchev–Trinajstić information content (AvgIpc) is 2.75. The molecule has 0 aromatic carbocycles. The Labute approximate surface area is 113 Å². The molecule has 5 heteroatoms. The number of carbonyl (C=O) groups excluding carboxylic acids is 3. The van der Waals surface area contributed by atoms with Gasteiger partial charge in [0.2, 0.25) is 0 Å². The molecule has 0 spiro atoms. The summed E-state index contributed by atoms with van der Waals surface area (Å²) in [6.45, 7) is 7.48. The van der Waals surface area contributed by atoms with Crippen LogP contribution in [-0.4, -0.2) is 17.8 Å². The molecule has 0 aromatic heterocycles. The molecule has 0 bridgehead atoms. The molecule has 1 heterocycles. The quantitative estimate of drug-likeness (QED) is 0.454. The Morgan fingerprint density at radius 3 is 2.26 bits per heavy atom.